The summed E-state index contributed by atoms with van der Waals surface area (Å²) in [6.07, 6.45) is 1.52. The molecule has 0 saturated carbocycles. The fraction of sp³-hybridized carbons (Fsp3) is 0.200. The molecule has 0 radical (unpaired) electrons. The average Bonchev–Trinajstić information content (AvgIpc) is 2.49. The largest absolute Gasteiger partial charge is 0.340 e. The van der Waals surface area contributed by atoms with Crippen molar-refractivity contribution in [1.29, 1.82) is 0 Å². The number of aromatic amines is 1. The van der Waals surface area contributed by atoms with E-state index in [0.717, 1.165) is 0 Å². The highest BCUT2D eigenvalue weighted by Crippen LogP contribution is 2.14. The van der Waals surface area contributed by atoms with Gasteiger partial charge in [-0.2, -0.15) is 0 Å². The van der Waals surface area contributed by atoms with Gasteiger partial charge >= 0.3 is 0 Å². The Labute approximate surface area is 67.6 Å². The average molecular weight is 165 g/mol. The molecule has 0 bridgehead atoms. The molecule has 0 amide bonds. The molecule has 0 unspecified atom stereocenters. The van der Waals surface area contributed by atoms with Crippen molar-refractivity contribution < 1.29 is 0 Å². The van der Waals surface area contributed by atoms with Crippen molar-refractivity contribution >= 4 is 17.0 Å². The number of imidazole rings is 1. The van der Waals surface area contributed by atoms with Crippen molar-refractivity contribution in [2.75, 3.05) is 12.1 Å². The van der Waals surface area contributed by atoms with Gasteiger partial charge < -0.3 is 4.98 Å². The maximum Gasteiger partial charge on any atom is 0.205 e. The van der Waals surface area contributed by atoms with Crippen molar-refractivity contribution in [3.8, 4) is 0 Å². The molecule has 7 nitrogen and oxygen atoms in total. The second-order valence-corrected chi connectivity index (χ2v) is 2.33. The Hall–Kier alpha value is -1.76. The Morgan fingerprint density at radius 1 is 1.50 bits per heavy atom. The van der Waals surface area contributed by atoms with Gasteiger partial charge in [0, 0.05) is 7.05 Å². The molecule has 7 heteroatoms. The molecule has 2 aromatic rings. The number of hydrazine groups is 1. The highest BCUT2D eigenvalue weighted by Gasteiger charge is 2.07. The molecule has 0 fully saturated rings. The summed E-state index contributed by atoms with van der Waals surface area (Å²) >= 11 is 0. The second-order valence-electron chi connectivity index (χ2n) is 2.33. The van der Waals surface area contributed by atoms with E-state index in [2.05, 4.69) is 25.4 Å². The molecule has 0 aliphatic carbocycles. The molecular formula is C5H7N7. The lowest BCUT2D eigenvalue weighted by Gasteiger charge is -2.08. The Kier molecular flexibility index (Phi) is 1.37. The Bertz CT molecular complexity index is 391. The van der Waals surface area contributed by atoms with Crippen LogP contribution in [0.15, 0.2) is 6.33 Å². The standard InChI is InChI=1S/C5H7N7/c1-12(6)5-3-4(8-2-7-3)9-11-10-5/h2H,6H2,1H3,(H,7,8,9,10). The van der Waals surface area contributed by atoms with Gasteiger partial charge in [-0.3, -0.25) is 5.01 Å². The lowest BCUT2D eigenvalue weighted by atomic mass is 10.5. The van der Waals surface area contributed by atoms with Crippen LogP contribution in [0.3, 0.4) is 0 Å². The third kappa shape index (κ3) is 0.873. The van der Waals surface area contributed by atoms with Crippen LogP contribution in [0.2, 0.25) is 0 Å². The Morgan fingerprint density at radius 3 is 3.08 bits per heavy atom. The number of nitrogens with two attached hydrogens (primary N) is 1. The first-order valence-electron chi connectivity index (χ1n) is 3.30. The summed E-state index contributed by atoms with van der Waals surface area (Å²) < 4.78 is 0. The Morgan fingerprint density at radius 2 is 2.33 bits per heavy atom. The lowest BCUT2D eigenvalue weighted by molar-refractivity contribution is 0.850. The van der Waals surface area contributed by atoms with E-state index in [1.165, 1.54) is 11.3 Å². The summed E-state index contributed by atoms with van der Waals surface area (Å²) in [6, 6.07) is 0. The van der Waals surface area contributed by atoms with Crippen LogP contribution in [-0.4, -0.2) is 32.4 Å². The van der Waals surface area contributed by atoms with E-state index in [9.17, 15) is 0 Å². The first-order valence-corrected chi connectivity index (χ1v) is 3.30. The van der Waals surface area contributed by atoms with Crippen LogP contribution in [0.4, 0.5) is 5.82 Å². The van der Waals surface area contributed by atoms with Crippen LogP contribution < -0.4 is 10.9 Å². The van der Waals surface area contributed by atoms with Crippen molar-refractivity contribution in [3.63, 3.8) is 0 Å². The monoisotopic (exact) mass is 165 g/mol. The minimum atomic E-state index is 0.511. The quantitative estimate of drug-likeness (QED) is 0.418. The molecule has 0 aliphatic heterocycles. The summed E-state index contributed by atoms with van der Waals surface area (Å²) in [4.78, 5) is 6.78. The molecule has 0 atom stereocenters. The van der Waals surface area contributed by atoms with Gasteiger partial charge in [-0.25, -0.2) is 10.8 Å². The number of rotatable bonds is 1. The summed E-state index contributed by atoms with van der Waals surface area (Å²) in [5, 5.41) is 12.3. The molecular weight excluding hydrogens is 158 g/mol. The molecule has 0 aliphatic rings. The predicted molar refractivity (Wildman–Crippen MR) is 42.1 cm³/mol. The molecule has 62 valence electrons. The smallest absolute Gasteiger partial charge is 0.205 e. The third-order valence-electron chi connectivity index (χ3n) is 1.46. The van der Waals surface area contributed by atoms with Crippen LogP contribution in [0.25, 0.3) is 11.2 Å². The van der Waals surface area contributed by atoms with Crippen molar-refractivity contribution in [3.05, 3.63) is 6.33 Å². The number of fused-ring (bicyclic) bond motifs is 1. The summed E-state index contributed by atoms with van der Waals surface area (Å²) in [5.41, 5.74) is 1.20. The molecule has 2 rings (SSSR count). The predicted octanol–water partition coefficient (Wildman–Crippen LogP) is -0.942. The van der Waals surface area contributed by atoms with Crippen molar-refractivity contribution in [1.82, 2.24) is 25.4 Å². The van der Waals surface area contributed by atoms with E-state index in [1.807, 2.05) is 0 Å². The van der Waals surface area contributed by atoms with Crippen molar-refractivity contribution in [2.45, 2.75) is 0 Å². The van der Waals surface area contributed by atoms with Gasteiger partial charge in [0.25, 0.3) is 0 Å². The second kappa shape index (κ2) is 2.38. The fourth-order valence-corrected chi connectivity index (χ4v) is 0.931. The van der Waals surface area contributed by atoms with Crippen LogP contribution >= 0.6 is 0 Å². The molecule has 2 aromatic heterocycles. The van der Waals surface area contributed by atoms with E-state index in [4.69, 9.17) is 5.84 Å². The van der Waals surface area contributed by atoms with Gasteiger partial charge in [0.2, 0.25) is 5.65 Å². The minimum Gasteiger partial charge on any atom is -0.340 e. The maximum absolute atomic E-state index is 5.49. The van der Waals surface area contributed by atoms with Gasteiger partial charge in [-0.1, -0.05) is 0 Å². The first-order chi connectivity index (χ1) is 5.79. The molecule has 12 heavy (non-hydrogen) atoms. The molecule has 0 saturated heterocycles. The number of nitrogens with one attached hydrogen (secondary N) is 1. The summed E-state index contributed by atoms with van der Waals surface area (Å²) in [7, 11) is 1.67. The highest BCUT2D eigenvalue weighted by atomic mass is 15.5. The van der Waals surface area contributed by atoms with Gasteiger partial charge in [-0.05, 0) is 5.21 Å². The minimum absolute atomic E-state index is 0.511. The molecule has 0 aromatic carbocycles. The number of anilines is 1. The first kappa shape index (κ1) is 6.92. The van der Waals surface area contributed by atoms with E-state index >= 15 is 0 Å². The van der Waals surface area contributed by atoms with Crippen LogP contribution in [0.1, 0.15) is 0 Å². The van der Waals surface area contributed by atoms with Crippen LogP contribution in [-0.2, 0) is 0 Å². The van der Waals surface area contributed by atoms with Crippen molar-refractivity contribution in [2.24, 2.45) is 5.84 Å². The number of nitrogens with zero attached hydrogens (tertiary/aromatic N) is 5. The van der Waals surface area contributed by atoms with E-state index < -0.39 is 0 Å². The highest BCUT2D eigenvalue weighted by molar-refractivity contribution is 5.81. The summed E-state index contributed by atoms with van der Waals surface area (Å²) in [6.45, 7) is 0. The molecule has 0 spiro atoms. The van der Waals surface area contributed by atoms with E-state index in [1.54, 1.807) is 7.05 Å². The lowest BCUT2D eigenvalue weighted by Crippen LogP contribution is -2.26. The fourth-order valence-electron chi connectivity index (χ4n) is 0.931. The third-order valence-corrected chi connectivity index (χ3v) is 1.46. The topological polar surface area (TPSA) is 96.6 Å². The molecule has 3 N–H and O–H groups in total. The number of hydrogen-bond donors (Lipinski definition) is 2. The normalized spacial score (nSPS) is 10.5. The number of H-pyrrole nitrogens is 1. The van der Waals surface area contributed by atoms with Gasteiger partial charge in [-0.15, -0.1) is 10.2 Å². The SMILES string of the molecule is CN(N)c1nnnc2nc[nH]c12. The van der Waals surface area contributed by atoms with E-state index in [-0.39, 0.29) is 0 Å². The Balaban J connectivity index is 2.73. The van der Waals surface area contributed by atoms with Gasteiger partial charge in [0.1, 0.15) is 5.52 Å². The zero-order chi connectivity index (χ0) is 8.55. The van der Waals surface area contributed by atoms with E-state index in [0.29, 0.717) is 17.0 Å². The zero-order valence-corrected chi connectivity index (χ0v) is 6.39. The summed E-state index contributed by atoms with van der Waals surface area (Å²) in [5.74, 6) is 6.02. The maximum atomic E-state index is 5.49. The van der Waals surface area contributed by atoms with Gasteiger partial charge in [0.15, 0.2) is 5.82 Å². The van der Waals surface area contributed by atoms with Crippen LogP contribution in [0.5, 0.6) is 0 Å². The zero-order valence-electron chi connectivity index (χ0n) is 6.39. The van der Waals surface area contributed by atoms with Crippen LogP contribution in [0, 0.1) is 0 Å². The number of hydrogen-bond acceptors (Lipinski definition) is 6. The molecule has 2 heterocycles. The number of aromatic nitrogens is 5. The van der Waals surface area contributed by atoms with Gasteiger partial charge in [0.05, 0.1) is 6.33 Å².